The molecule has 0 atom stereocenters. The van der Waals surface area contributed by atoms with Crippen LogP contribution in [0.25, 0.3) is 10.2 Å². The first kappa shape index (κ1) is 12.8. The van der Waals surface area contributed by atoms with E-state index in [9.17, 15) is 0 Å². The van der Waals surface area contributed by atoms with E-state index < -0.39 is 0 Å². The second-order valence-electron chi connectivity index (χ2n) is 5.60. The Morgan fingerprint density at radius 2 is 2.05 bits per heavy atom. The van der Waals surface area contributed by atoms with Crippen LogP contribution < -0.4 is 5.32 Å². The molecule has 2 aromatic carbocycles. The standard InChI is InChI=1S/C18H18N2S/c1-2-6-17-16(5-1)20-18(21-17)10-8-13-7-9-15-14(12-13)4-3-11-19-15/h1-2,5-7,9,12,19H,3-4,8,10-11H2. The minimum absolute atomic E-state index is 1.03. The van der Waals surface area contributed by atoms with Crippen LogP contribution in [-0.2, 0) is 19.3 Å². The number of nitrogens with one attached hydrogen (secondary N) is 1. The number of rotatable bonds is 3. The fraction of sp³-hybridized carbons (Fsp3) is 0.278. The normalized spacial score (nSPS) is 13.9. The van der Waals surface area contributed by atoms with Crippen molar-refractivity contribution in [3.8, 4) is 0 Å². The minimum atomic E-state index is 1.03. The highest BCUT2D eigenvalue weighted by atomic mass is 32.1. The van der Waals surface area contributed by atoms with Gasteiger partial charge in [0.2, 0.25) is 0 Å². The summed E-state index contributed by atoms with van der Waals surface area (Å²) in [6.45, 7) is 1.11. The van der Waals surface area contributed by atoms with Crippen LogP contribution in [0.1, 0.15) is 22.6 Å². The molecular weight excluding hydrogens is 276 g/mol. The molecule has 4 rings (SSSR count). The van der Waals surface area contributed by atoms with Crippen molar-refractivity contribution >= 4 is 27.2 Å². The van der Waals surface area contributed by atoms with Crippen molar-refractivity contribution < 1.29 is 0 Å². The molecule has 2 heterocycles. The van der Waals surface area contributed by atoms with E-state index in [1.807, 2.05) is 11.3 Å². The molecule has 1 aliphatic heterocycles. The lowest BCUT2D eigenvalue weighted by molar-refractivity contribution is 0.825. The third-order valence-electron chi connectivity index (χ3n) is 4.07. The summed E-state index contributed by atoms with van der Waals surface area (Å²) in [7, 11) is 0. The van der Waals surface area contributed by atoms with Gasteiger partial charge >= 0.3 is 0 Å². The maximum Gasteiger partial charge on any atom is 0.0941 e. The molecule has 0 bridgehead atoms. The second-order valence-corrected chi connectivity index (χ2v) is 6.71. The molecule has 2 nitrogen and oxygen atoms in total. The molecule has 3 aromatic rings. The molecule has 1 N–H and O–H groups in total. The summed E-state index contributed by atoms with van der Waals surface area (Å²) < 4.78 is 1.29. The van der Waals surface area contributed by atoms with E-state index in [-0.39, 0.29) is 0 Å². The van der Waals surface area contributed by atoms with E-state index >= 15 is 0 Å². The number of anilines is 1. The van der Waals surface area contributed by atoms with E-state index in [4.69, 9.17) is 4.98 Å². The molecular formula is C18H18N2S. The molecule has 0 fully saturated rings. The average molecular weight is 294 g/mol. The number of hydrogen-bond donors (Lipinski definition) is 1. The molecule has 1 aliphatic rings. The van der Waals surface area contributed by atoms with E-state index in [0.29, 0.717) is 0 Å². The zero-order chi connectivity index (χ0) is 14.1. The van der Waals surface area contributed by atoms with E-state index in [1.54, 1.807) is 0 Å². The lowest BCUT2D eigenvalue weighted by Crippen LogP contribution is -2.11. The van der Waals surface area contributed by atoms with Gasteiger partial charge in [-0.1, -0.05) is 24.3 Å². The molecule has 21 heavy (non-hydrogen) atoms. The summed E-state index contributed by atoms with van der Waals surface area (Å²) >= 11 is 1.82. The molecule has 0 saturated carbocycles. The van der Waals surface area contributed by atoms with Crippen LogP contribution in [0, 0.1) is 0 Å². The van der Waals surface area contributed by atoms with Crippen LogP contribution in [0.2, 0.25) is 0 Å². The lowest BCUT2D eigenvalue weighted by atomic mass is 9.99. The van der Waals surface area contributed by atoms with Gasteiger partial charge in [0.05, 0.1) is 15.2 Å². The van der Waals surface area contributed by atoms with Crippen molar-refractivity contribution in [2.24, 2.45) is 0 Å². The highest BCUT2D eigenvalue weighted by molar-refractivity contribution is 7.18. The summed E-state index contributed by atoms with van der Waals surface area (Å²) in [5.74, 6) is 0. The van der Waals surface area contributed by atoms with Gasteiger partial charge in [0.25, 0.3) is 0 Å². The van der Waals surface area contributed by atoms with Gasteiger partial charge in [-0.2, -0.15) is 0 Å². The number of benzene rings is 2. The first-order chi connectivity index (χ1) is 10.4. The van der Waals surface area contributed by atoms with Crippen LogP contribution >= 0.6 is 11.3 Å². The third kappa shape index (κ3) is 2.66. The number of nitrogens with zero attached hydrogens (tertiary/aromatic N) is 1. The Hall–Kier alpha value is -1.87. The molecule has 106 valence electrons. The van der Waals surface area contributed by atoms with Gasteiger partial charge in [-0.05, 0) is 48.6 Å². The highest BCUT2D eigenvalue weighted by Gasteiger charge is 2.09. The van der Waals surface area contributed by atoms with Crippen molar-refractivity contribution in [1.82, 2.24) is 4.98 Å². The predicted octanol–water partition coefficient (Wildman–Crippen LogP) is 4.44. The Morgan fingerprint density at radius 1 is 1.10 bits per heavy atom. The Kier molecular flexibility index (Phi) is 3.36. The first-order valence-corrected chi connectivity index (χ1v) is 8.40. The van der Waals surface area contributed by atoms with Gasteiger partial charge in [-0.3, -0.25) is 0 Å². The van der Waals surface area contributed by atoms with Gasteiger partial charge in [0, 0.05) is 18.7 Å². The number of thiazole rings is 1. The minimum Gasteiger partial charge on any atom is -0.385 e. The molecule has 0 saturated heterocycles. The van der Waals surface area contributed by atoms with Crippen LogP contribution in [0.5, 0.6) is 0 Å². The molecule has 0 aliphatic carbocycles. The lowest BCUT2D eigenvalue weighted by Gasteiger charge is -2.18. The van der Waals surface area contributed by atoms with Crippen molar-refractivity contribution in [3.05, 3.63) is 58.6 Å². The Labute approximate surface area is 128 Å². The number of fused-ring (bicyclic) bond motifs is 2. The van der Waals surface area contributed by atoms with E-state index in [1.165, 1.54) is 39.4 Å². The molecule has 0 amide bonds. The fourth-order valence-electron chi connectivity index (χ4n) is 2.96. The van der Waals surface area contributed by atoms with Gasteiger partial charge in [-0.15, -0.1) is 11.3 Å². The summed E-state index contributed by atoms with van der Waals surface area (Å²) in [6.07, 6.45) is 4.56. The fourth-order valence-corrected chi connectivity index (χ4v) is 3.93. The SMILES string of the molecule is c1ccc2sc(CCc3ccc4c(c3)CCCN4)nc2c1. The van der Waals surface area contributed by atoms with Crippen molar-refractivity contribution in [3.63, 3.8) is 0 Å². The number of aromatic nitrogens is 1. The average Bonchev–Trinajstić information content (AvgIpc) is 2.95. The zero-order valence-electron chi connectivity index (χ0n) is 11.9. The summed E-state index contributed by atoms with van der Waals surface area (Å²) in [5.41, 5.74) is 5.36. The number of hydrogen-bond acceptors (Lipinski definition) is 3. The van der Waals surface area contributed by atoms with Gasteiger partial charge in [-0.25, -0.2) is 4.98 Å². The van der Waals surface area contributed by atoms with Gasteiger partial charge < -0.3 is 5.32 Å². The Bertz CT molecular complexity index is 743. The predicted molar refractivity (Wildman–Crippen MR) is 90.3 cm³/mol. The molecule has 1 aromatic heterocycles. The Balaban J connectivity index is 1.51. The monoisotopic (exact) mass is 294 g/mol. The summed E-state index contributed by atoms with van der Waals surface area (Å²) in [4.78, 5) is 4.72. The summed E-state index contributed by atoms with van der Waals surface area (Å²) in [5, 5.41) is 4.71. The van der Waals surface area contributed by atoms with Crippen molar-refractivity contribution in [2.45, 2.75) is 25.7 Å². The van der Waals surface area contributed by atoms with Crippen molar-refractivity contribution in [1.29, 1.82) is 0 Å². The smallest absolute Gasteiger partial charge is 0.0941 e. The number of para-hydroxylation sites is 1. The molecule has 0 unspecified atom stereocenters. The largest absolute Gasteiger partial charge is 0.385 e. The second kappa shape index (κ2) is 5.49. The van der Waals surface area contributed by atoms with E-state index in [2.05, 4.69) is 47.8 Å². The Morgan fingerprint density at radius 3 is 3.00 bits per heavy atom. The topological polar surface area (TPSA) is 24.9 Å². The maximum atomic E-state index is 4.72. The van der Waals surface area contributed by atoms with E-state index in [0.717, 1.165) is 24.9 Å². The third-order valence-corrected chi connectivity index (χ3v) is 5.17. The van der Waals surface area contributed by atoms with Crippen LogP contribution in [0.4, 0.5) is 5.69 Å². The number of aryl methyl sites for hydroxylation is 3. The van der Waals surface area contributed by atoms with Gasteiger partial charge in [0.1, 0.15) is 0 Å². The van der Waals surface area contributed by atoms with Crippen molar-refractivity contribution in [2.75, 3.05) is 11.9 Å². The quantitative estimate of drug-likeness (QED) is 0.772. The molecule has 0 radical (unpaired) electrons. The zero-order valence-corrected chi connectivity index (χ0v) is 12.7. The summed E-state index contributed by atoms with van der Waals surface area (Å²) in [6, 6.07) is 15.3. The first-order valence-electron chi connectivity index (χ1n) is 7.59. The molecule has 0 spiro atoms. The van der Waals surface area contributed by atoms with Gasteiger partial charge in [0.15, 0.2) is 0 Å². The van der Waals surface area contributed by atoms with Crippen LogP contribution in [-0.4, -0.2) is 11.5 Å². The molecule has 3 heteroatoms. The maximum absolute atomic E-state index is 4.72. The van der Waals surface area contributed by atoms with Crippen LogP contribution in [0.15, 0.2) is 42.5 Å². The van der Waals surface area contributed by atoms with Crippen LogP contribution in [0.3, 0.4) is 0 Å². The highest BCUT2D eigenvalue weighted by Crippen LogP contribution is 2.25.